The van der Waals surface area contributed by atoms with Gasteiger partial charge in [-0.15, -0.1) is 0 Å². The number of ether oxygens (including phenoxy) is 2. The zero-order valence-corrected chi connectivity index (χ0v) is 15.0. The number of anilines is 1. The number of rotatable bonds is 4. The van der Waals surface area contributed by atoms with Gasteiger partial charge in [0.25, 0.3) is 0 Å². The number of hydrogen-bond acceptors (Lipinski definition) is 10. The quantitative estimate of drug-likeness (QED) is 0.480. The van der Waals surface area contributed by atoms with Crippen LogP contribution in [0.3, 0.4) is 0 Å². The molecule has 2 aromatic heterocycles. The molecule has 0 amide bonds. The number of nitrogen functional groups attached to an aromatic ring is 1. The molecule has 0 saturated carbocycles. The molecule has 4 rings (SSSR count). The average Bonchev–Trinajstić information content (AvgIpc) is 3.24. The van der Waals surface area contributed by atoms with Crippen LogP contribution >= 0.6 is 0 Å². The maximum Gasteiger partial charge on any atom is 0.237 e. The van der Waals surface area contributed by atoms with E-state index in [1.807, 2.05) is 4.90 Å². The molecule has 2 fully saturated rings. The van der Waals surface area contributed by atoms with E-state index in [2.05, 4.69) is 15.0 Å². The lowest BCUT2D eigenvalue weighted by Gasteiger charge is -2.46. The van der Waals surface area contributed by atoms with Gasteiger partial charge in [-0.3, -0.25) is 9.47 Å². The van der Waals surface area contributed by atoms with Crippen LogP contribution < -0.4 is 5.73 Å². The highest BCUT2D eigenvalue weighted by molar-refractivity contribution is 5.81. The smallest absolute Gasteiger partial charge is 0.237 e. The minimum atomic E-state index is -1.50. The van der Waals surface area contributed by atoms with Crippen molar-refractivity contribution in [1.29, 1.82) is 0 Å². The van der Waals surface area contributed by atoms with Crippen LogP contribution in [0.1, 0.15) is 12.8 Å². The van der Waals surface area contributed by atoms with Gasteiger partial charge in [0.2, 0.25) is 5.85 Å². The van der Waals surface area contributed by atoms with Gasteiger partial charge < -0.3 is 30.5 Å². The fourth-order valence-electron chi connectivity index (χ4n) is 4.06. The molecule has 5 atom stereocenters. The predicted octanol–water partition coefficient (Wildman–Crippen LogP) is -1.76. The molecular formula is C16H24N6O5. The molecule has 0 radical (unpaired) electrons. The summed E-state index contributed by atoms with van der Waals surface area (Å²) in [4.78, 5) is 14.4. The van der Waals surface area contributed by atoms with E-state index in [1.54, 1.807) is 11.7 Å². The molecule has 1 unspecified atom stereocenters. The van der Waals surface area contributed by atoms with Crippen molar-refractivity contribution in [3.63, 3.8) is 0 Å². The monoisotopic (exact) mass is 380 g/mol. The molecule has 148 valence electrons. The zero-order valence-electron chi connectivity index (χ0n) is 15.0. The number of nitrogens with zero attached hydrogens (tertiary/aromatic N) is 5. The van der Waals surface area contributed by atoms with Crippen molar-refractivity contribution in [1.82, 2.24) is 24.4 Å². The van der Waals surface area contributed by atoms with Gasteiger partial charge in [0.15, 0.2) is 11.5 Å². The summed E-state index contributed by atoms with van der Waals surface area (Å²) < 4.78 is 13.2. The van der Waals surface area contributed by atoms with E-state index < -0.39 is 30.8 Å². The average molecular weight is 380 g/mol. The van der Waals surface area contributed by atoms with Gasteiger partial charge in [0, 0.05) is 20.2 Å². The molecule has 2 aliphatic rings. The Labute approximate surface area is 155 Å². The Hall–Kier alpha value is -1.89. The van der Waals surface area contributed by atoms with Crippen LogP contribution in [-0.2, 0) is 15.3 Å². The second-order valence-electron chi connectivity index (χ2n) is 6.92. The minimum Gasteiger partial charge on any atom is -0.394 e. The summed E-state index contributed by atoms with van der Waals surface area (Å²) in [6, 6.07) is 0. The Balaban J connectivity index is 1.87. The number of aromatic nitrogens is 4. The Bertz CT molecular complexity index is 818. The van der Waals surface area contributed by atoms with Crippen LogP contribution in [-0.4, -0.2) is 91.0 Å². The first-order valence-electron chi connectivity index (χ1n) is 8.89. The molecule has 11 nitrogen and oxygen atoms in total. The number of likely N-dealkylation sites (tertiary alicyclic amines) is 1. The summed E-state index contributed by atoms with van der Waals surface area (Å²) in [5.41, 5.74) is 6.63. The first-order chi connectivity index (χ1) is 13.0. The number of aliphatic hydroxyl groups excluding tert-OH is 3. The van der Waals surface area contributed by atoms with Crippen molar-refractivity contribution in [2.75, 3.05) is 32.5 Å². The molecule has 5 N–H and O–H groups in total. The van der Waals surface area contributed by atoms with E-state index in [0.717, 1.165) is 12.8 Å². The van der Waals surface area contributed by atoms with E-state index in [4.69, 9.17) is 15.2 Å². The molecule has 11 heteroatoms. The van der Waals surface area contributed by atoms with Gasteiger partial charge in [-0.1, -0.05) is 0 Å². The third-order valence-electron chi connectivity index (χ3n) is 5.47. The van der Waals surface area contributed by atoms with Crippen LogP contribution in [0.2, 0.25) is 0 Å². The van der Waals surface area contributed by atoms with Gasteiger partial charge >= 0.3 is 0 Å². The van der Waals surface area contributed by atoms with E-state index in [1.165, 1.54) is 12.7 Å². The maximum absolute atomic E-state index is 11.0. The van der Waals surface area contributed by atoms with E-state index in [0.29, 0.717) is 24.3 Å². The van der Waals surface area contributed by atoms with Gasteiger partial charge in [0.05, 0.1) is 12.7 Å². The van der Waals surface area contributed by atoms with E-state index in [9.17, 15) is 15.3 Å². The molecule has 0 aromatic carbocycles. The van der Waals surface area contributed by atoms with Gasteiger partial charge in [0.1, 0.15) is 36.5 Å². The molecule has 2 saturated heterocycles. The van der Waals surface area contributed by atoms with E-state index in [-0.39, 0.29) is 11.9 Å². The minimum absolute atomic E-state index is 0.0498. The summed E-state index contributed by atoms with van der Waals surface area (Å²) in [7, 11) is 1.64. The van der Waals surface area contributed by atoms with Crippen molar-refractivity contribution in [3.05, 3.63) is 12.7 Å². The summed E-state index contributed by atoms with van der Waals surface area (Å²) in [6.45, 7) is 0.631. The van der Waals surface area contributed by atoms with Gasteiger partial charge in [-0.05, 0) is 12.8 Å². The van der Waals surface area contributed by atoms with Crippen LogP contribution in [0.25, 0.3) is 11.2 Å². The first kappa shape index (κ1) is 18.5. The highest BCUT2D eigenvalue weighted by Gasteiger charge is 2.60. The standard InChI is InChI=1S/C16H24N6O5/c1-26-9-3-2-4-21(5-9)16(13(25)12(24)10(6-23)27-16)22-8-20-11-14(17)18-7-19-15(11)22/h7-10,12-13,23-25H,2-6H2,1H3,(H2,17,18,19)/t9?,10-,12-,13-,16+/m1/s1. The Kier molecular flexibility index (Phi) is 4.74. The lowest BCUT2D eigenvalue weighted by atomic mass is 10.0. The van der Waals surface area contributed by atoms with Crippen molar-refractivity contribution in [2.24, 2.45) is 0 Å². The van der Waals surface area contributed by atoms with Crippen molar-refractivity contribution in [3.8, 4) is 0 Å². The van der Waals surface area contributed by atoms with Gasteiger partial charge in [-0.2, -0.15) is 0 Å². The second kappa shape index (κ2) is 6.93. The predicted molar refractivity (Wildman–Crippen MR) is 93.3 cm³/mol. The van der Waals surface area contributed by atoms with Crippen LogP contribution in [0.15, 0.2) is 12.7 Å². The number of imidazole rings is 1. The molecule has 27 heavy (non-hydrogen) atoms. The van der Waals surface area contributed by atoms with Crippen LogP contribution in [0, 0.1) is 0 Å². The lowest BCUT2D eigenvalue weighted by Crippen LogP contribution is -2.61. The van der Waals surface area contributed by atoms with Gasteiger partial charge in [-0.25, -0.2) is 15.0 Å². The van der Waals surface area contributed by atoms with E-state index >= 15 is 0 Å². The normalized spacial score (nSPS) is 35.1. The lowest BCUT2D eigenvalue weighted by molar-refractivity contribution is -0.253. The summed E-state index contributed by atoms with van der Waals surface area (Å²) in [6.07, 6.45) is 0.824. The topological polar surface area (TPSA) is 152 Å². The molecular weight excluding hydrogens is 356 g/mol. The third kappa shape index (κ3) is 2.70. The Morgan fingerprint density at radius 1 is 1.37 bits per heavy atom. The van der Waals surface area contributed by atoms with Crippen LogP contribution in [0.5, 0.6) is 0 Å². The Morgan fingerprint density at radius 2 is 2.19 bits per heavy atom. The number of hydrogen-bond donors (Lipinski definition) is 4. The first-order valence-corrected chi connectivity index (χ1v) is 8.89. The fourth-order valence-corrected chi connectivity index (χ4v) is 4.06. The third-order valence-corrected chi connectivity index (χ3v) is 5.47. The molecule has 2 aliphatic heterocycles. The Morgan fingerprint density at radius 3 is 2.89 bits per heavy atom. The zero-order chi connectivity index (χ0) is 19.2. The fraction of sp³-hybridized carbons (Fsp3) is 0.688. The molecule has 0 aliphatic carbocycles. The molecule has 0 spiro atoms. The molecule has 2 aromatic rings. The largest absolute Gasteiger partial charge is 0.394 e. The maximum atomic E-state index is 11.0. The SMILES string of the molecule is COC1CCCN([C@@]2(n3cnc4c(N)ncnc43)O[C@H](CO)[C@@H](O)[C@H]2O)C1. The second-order valence-corrected chi connectivity index (χ2v) is 6.92. The number of nitrogens with two attached hydrogens (primary N) is 1. The van der Waals surface area contributed by atoms with Crippen LogP contribution in [0.4, 0.5) is 5.82 Å². The highest BCUT2D eigenvalue weighted by atomic mass is 16.6. The van der Waals surface area contributed by atoms with Crippen molar-refractivity contribution in [2.45, 2.75) is 43.1 Å². The molecule has 4 heterocycles. The number of fused-ring (bicyclic) bond motifs is 1. The molecule has 0 bridgehead atoms. The number of methoxy groups -OCH3 is 1. The highest BCUT2D eigenvalue weighted by Crippen LogP contribution is 2.41. The van der Waals surface area contributed by atoms with Crippen molar-refractivity contribution >= 4 is 17.0 Å². The van der Waals surface area contributed by atoms with Crippen molar-refractivity contribution < 1.29 is 24.8 Å². The number of aliphatic hydroxyl groups is 3. The summed E-state index contributed by atoms with van der Waals surface area (Å²) >= 11 is 0. The number of piperidine rings is 1. The summed E-state index contributed by atoms with van der Waals surface area (Å²) in [5.74, 6) is -1.30. The summed E-state index contributed by atoms with van der Waals surface area (Å²) in [5, 5.41) is 31.1.